The number of para-hydroxylation sites is 1. The van der Waals surface area contributed by atoms with E-state index in [2.05, 4.69) is 5.32 Å². The molecule has 1 aromatic rings. The lowest BCUT2D eigenvalue weighted by Gasteiger charge is -2.49. The van der Waals surface area contributed by atoms with Crippen LogP contribution in [0.1, 0.15) is 0 Å². The first kappa shape index (κ1) is 18.1. The number of ether oxygens (including phenoxy) is 3. The molecule has 138 valence electrons. The summed E-state index contributed by atoms with van der Waals surface area (Å²) in [6.07, 6.45) is 0. The van der Waals surface area contributed by atoms with Crippen LogP contribution >= 0.6 is 11.8 Å². The fraction of sp³-hybridized carbons (Fsp3) is 0.353. The van der Waals surface area contributed by atoms with Gasteiger partial charge in [-0.1, -0.05) is 18.2 Å². The topological polar surface area (TPSA) is 94.2 Å². The molecule has 0 spiro atoms. The Morgan fingerprint density at radius 1 is 1.27 bits per heavy atom. The lowest BCUT2D eigenvalue weighted by atomic mass is 10.0. The molecule has 2 atom stereocenters. The summed E-state index contributed by atoms with van der Waals surface area (Å²) in [5.41, 5.74) is 0.0924. The molecule has 0 radical (unpaired) electrons. The predicted molar refractivity (Wildman–Crippen MR) is 93.0 cm³/mol. The van der Waals surface area contributed by atoms with Crippen molar-refractivity contribution < 1.29 is 28.6 Å². The molecule has 0 saturated carbocycles. The quantitative estimate of drug-likeness (QED) is 0.569. The number of methoxy groups -OCH3 is 2. The summed E-state index contributed by atoms with van der Waals surface area (Å²) in [5, 5.41) is 2.28. The Hall–Kier alpha value is -2.68. The van der Waals surface area contributed by atoms with Gasteiger partial charge in [-0.15, -0.1) is 11.8 Å². The molecule has 1 saturated heterocycles. The fourth-order valence-electron chi connectivity index (χ4n) is 2.71. The molecule has 0 aromatic heterocycles. The van der Waals surface area contributed by atoms with Gasteiger partial charge in [0.15, 0.2) is 12.3 Å². The molecule has 1 fully saturated rings. The number of nitrogens with one attached hydrogen (secondary N) is 1. The van der Waals surface area contributed by atoms with Crippen LogP contribution < -0.4 is 10.1 Å². The van der Waals surface area contributed by atoms with E-state index in [1.54, 1.807) is 24.3 Å². The standard InChI is InChI=1S/C17H18N2O6S/c1-23-11-9-26-16-13(15(21)19(16)14(11)17(22)24-2)18-12(20)8-25-10-6-4-3-5-7-10/h3-7,13,16H,8-9H2,1-2H3,(H,18,20)/t13-,16-/m1/s1. The number of hydrogen-bond acceptors (Lipinski definition) is 7. The van der Waals surface area contributed by atoms with Crippen LogP contribution in [0.5, 0.6) is 5.75 Å². The van der Waals surface area contributed by atoms with Crippen LogP contribution in [0.25, 0.3) is 0 Å². The normalized spacial score (nSPS) is 21.5. The van der Waals surface area contributed by atoms with Gasteiger partial charge in [-0.2, -0.15) is 0 Å². The van der Waals surface area contributed by atoms with Gasteiger partial charge in [0, 0.05) is 0 Å². The number of rotatable bonds is 6. The molecule has 0 unspecified atom stereocenters. The number of hydrogen-bond donors (Lipinski definition) is 1. The van der Waals surface area contributed by atoms with Gasteiger partial charge >= 0.3 is 5.97 Å². The van der Waals surface area contributed by atoms with Crippen LogP contribution in [0, 0.1) is 0 Å². The van der Waals surface area contributed by atoms with Gasteiger partial charge in [-0.05, 0) is 12.1 Å². The molecule has 1 N–H and O–H groups in total. The van der Waals surface area contributed by atoms with E-state index in [0.29, 0.717) is 17.3 Å². The van der Waals surface area contributed by atoms with Crippen LogP contribution in [-0.2, 0) is 23.9 Å². The van der Waals surface area contributed by atoms with E-state index in [1.807, 2.05) is 6.07 Å². The summed E-state index contributed by atoms with van der Waals surface area (Å²) in [6.45, 7) is -0.200. The highest BCUT2D eigenvalue weighted by molar-refractivity contribution is 8.00. The molecule has 2 amide bonds. The number of carbonyl (C=O) groups excluding carboxylic acids is 3. The van der Waals surface area contributed by atoms with Crippen molar-refractivity contribution >= 4 is 29.5 Å². The third-order valence-corrected chi connectivity index (χ3v) is 5.24. The minimum atomic E-state index is -0.718. The van der Waals surface area contributed by atoms with E-state index in [-0.39, 0.29) is 23.6 Å². The molecule has 1 aromatic carbocycles. The van der Waals surface area contributed by atoms with E-state index >= 15 is 0 Å². The van der Waals surface area contributed by atoms with Crippen LogP contribution in [0.4, 0.5) is 0 Å². The average Bonchev–Trinajstić information content (AvgIpc) is 2.69. The maximum absolute atomic E-state index is 12.5. The Kier molecular flexibility index (Phi) is 5.36. The van der Waals surface area contributed by atoms with Crippen LogP contribution in [-0.4, -0.2) is 60.7 Å². The highest BCUT2D eigenvalue weighted by atomic mass is 32.2. The first-order valence-electron chi connectivity index (χ1n) is 7.84. The predicted octanol–water partition coefficient (Wildman–Crippen LogP) is 0.496. The zero-order valence-electron chi connectivity index (χ0n) is 14.3. The van der Waals surface area contributed by atoms with Crippen molar-refractivity contribution in [3.8, 4) is 5.75 Å². The van der Waals surface area contributed by atoms with Gasteiger partial charge < -0.3 is 19.5 Å². The summed E-state index contributed by atoms with van der Waals surface area (Å²) in [4.78, 5) is 37.8. The van der Waals surface area contributed by atoms with Gasteiger partial charge in [0.05, 0.1) is 20.0 Å². The molecule has 3 rings (SSSR count). The second-order valence-corrected chi connectivity index (χ2v) is 6.63. The number of esters is 1. The van der Waals surface area contributed by atoms with Crippen molar-refractivity contribution in [3.05, 3.63) is 41.8 Å². The first-order valence-corrected chi connectivity index (χ1v) is 8.89. The third kappa shape index (κ3) is 3.34. The van der Waals surface area contributed by atoms with Gasteiger partial charge in [0.1, 0.15) is 22.9 Å². The van der Waals surface area contributed by atoms with Crippen LogP contribution in [0.2, 0.25) is 0 Å². The summed E-state index contributed by atoms with van der Waals surface area (Å²) in [7, 11) is 2.67. The molecular weight excluding hydrogens is 360 g/mol. The van der Waals surface area contributed by atoms with Crippen molar-refractivity contribution in [1.82, 2.24) is 10.2 Å². The summed E-state index contributed by atoms with van der Waals surface area (Å²) in [6, 6.07) is 8.20. The fourth-order valence-corrected chi connectivity index (χ4v) is 4.03. The van der Waals surface area contributed by atoms with Gasteiger partial charge in [-0.25, -0.2) is 4.79 Å². The van der Waals surface area contributed by atoms with Crippen molar-refractivity contribution in [1.29, 1.82) is 0 Å². The molecule has 8 nitrogen and oxygen atoms in total. The van der Waals surface area contributed by atoms with Gasteiger partial charge in [0.25, 0.3) is 11.8 Å². The summed E-state index contributed by atoms with van der Waals surface area (Å²) < 4.78 is 15.3. The SMILES string of the molecule is COC(=O)C1=C(OC)CS[C@@H]2[C@H](NC(=O)COc3ccccc3)C(=O)N12. The number of nitrogens with zero attached hydrogens (tertiary/aromatic N) is 1. The molecule has 2 aliphatic heterocycles. The molecule has 0 aliphatic carbocycles. The van der Waals surface area contributed by atoms with Crippen LogP contribution in [0.15, 0.2) is 41.8 Å². The number of β-lactam (4-membered cyclic amide) rings is 1. The molecule has 2 aliphatic rings. The van der Waals surface area contributed by atoms with E-state index in [4.69, 9.17) is 14.2 Å². The monoisotopic (exact) mass is 378 g/mol. The zero-order chi connectivity index (χ0) is 18.7. The Morgan fingerprint density at radius 3 is 2.65 bits per heavy atom. The molecule has 26 heavy (non-hydrogen) atoms. The van der Waals surface area contributed by atoms with E-state index in [9.17, 15) is 14.4 Å². The first-order chi connectivity index (χ1) is 12.6. The minimum Gasteiger partial charge on any atom is -0.498 e. The third-order valence-electron chi connectivity index (χ3n) is 3.99. The number of thioether (sulfide) groups is 1. The zero-order valence-corrected chi connectivity index (χ0v) is 15.1. The Labute approximate surface area is 154 Å². The van der Waals surface area contributed by atoms with Crippen molar-refractivity contribution in [3.63, 3.8) is 0 Å². The number of fused-ring (bicyclic) bond motifs is 1. The number of carbonyl (C=O) groups is 3. The second-order valence-electron chi connectivity index (χ2n) is 5.52. The van der Waals surface area contributed by atoms with Crippen molar-refractivity contribution in [2.75, 3.05) is 26.6 Å². The Bertz CT molecular complexity index is 751. The Morgan fingerprint density at radius 2 is 2.00 bits per heavy atom. The Balaban J connectivity index is 1.62. The number of amides is 2. The van der Waals surface area contributed by atoms with Gasteiger partial charge in [0.2, 0.25) is 0 Å². The number of benzene rings is 1. The molecule has 9 heteroatoms. The maximum Gasteiger partial charge on any atom is 0.358 e. The lowest BCUT2D eigenvalue weighted by Crippen LogP contribution is -2.71. The highest BCUT2D eigenvalue weighted by Crippen LogP contribution is 2.40. The van der Waals surface area contributed by atoms with E-state index in [1.165, 1.54) is 30.9 Å². The summed E-state index contributed by atoms with van der Waals surface area (Å²) in [5.74, 6) is -0.0838. The van der Waals surface area contributed by atoms with E-state index < -0.39 is 17.9 Å². The second kappa shape index (κ2) is 7.69. The molecular formula is C17H18N2O6S. The van der Waals surface area contributed by atoms with Crippen molar-refractivity contribution in [2.45, 2.75) is 11.4 Å². The summed E-state index contributed by atoms with van der Waals surface area (Å²) >= 11 is 1.40. The smallest absolute Gasteiger partial charge is 0.358 e. The largest absolute Gasteiger partial charge is 0.498 e. The van der Waals surface area contributed by atoms with Crippen molar-refractivity contribution in [2.24, 2.45) is 0 Å². The van der Waals surface area contributed by atoms with Crippen LogP contribution in [0.3, 0.4) is 0 Å². The van der Waals surface area contributed by atoms with E-state index in [0.717, 1.165) is 0 Å². The average molecular weight is 378 g/mol. The van der Waals surface area contributed by atoms with Gasteiger partial charge in [-0.3, -0.25) is 14.5 Å². The lowest BCUT2D eigenvalue weighted by molar-refractivity contribution is -0.152. The minimum absolute atomic E-state index is 0.0924. The molecule has 0 bridgehead atoms. The molecule has 2 heterocycles. The maximum atomic E-state index is 12.5. The highest BCUT2D eigenvalue weighted by Gasteiger charge is 2.54.